The van der Waals surface area contributed by atoms with E-state index < -0.39 is 21.4 Å². The van der Waals surface area contributed by atoms with Gasteiger partial charge in [0.15, 0.2) is 9.84 Å². The first-order valence-corrected chi connectivity index (χ1v) is 9.96. The van der Waals surface area contributed by atoms with Gasteiger partial charge in [0.25, 0.3) is 0 Å². The molecule has 1 unspecified atom stereocenters. The van der Waals surface area contributed by atoms with Crippen LogP contribution in [-0.2, 0) is 20.4 Å². The van der Waals surface area contributed by atoms with Gasteiger partial charge in [-0.1, -0.05) is 29.8 Å². The molecule has 0 saturated heterocycles. The quantitative estimate of drug-likeness (QED) is 0.707. The smallest absolute Gasteiger partial charge is 0.347 e. The predicted molar refractivity (Wildman–Crippen MR) is 98.3 cm³/mol. The van der Waals surface area contributed by atoms with Crippen LogP contribution in [0.25, 0.3) is 0 Å². The van der Waals surface area contributed by atoms with Crippen LogP contribution in [0.4, 0.5) is 0 Å². The van der Waals surface area contributed by atoms with Crippen LogP contribution in [0.5, 0.6) is 11.5 Å². The average Bonchev–Trinajstić information content (AvgIpc) is 2.57. The van der Waals surface area contributed by atoms with Gasteiger partial charge in [-0.15, -0.1) is 0 Å². The van der Waals surface area contributed by atoms with Gasteiger partial charge in [-0.2, -0.15) is 0 Å². The number of carboxylic acid groups (broad SMARTS) is 1. The Morgan fingerprint density at radius 3 is 2.35 bits per heavy atom. The fourth-order valence-electron chi connectivity index (χ4n) is 2.25. The molecule has 0 spiro atoms. The monoisotopic (exact) mass is 398 g/mol. The SMILES string of the molecule is CC(CCS(=O)(=O)Cc1ccccc1Cl)(Oc1ccc(O)cc1)C(=O)O. The van der Waals surface area contributed by atoms with Crippen molar-refractivity contribution in [2.75, 3.05) is 5.75 Å². The van der Waals surface area contributed by atoms with Crippen LogP contribution in [0.2, 0.25) is 5.02 Å². The first-order chi connectivity index (χ1) is 12.1. The number of sulfone groups is 1. The normalized spacial score (nSPS) is 13.8. The highest BCUT2D eigenvalue weighted by molar-refractivity contribution is 7.90. The van der Waals surface area contributed by atoms with Gasteiger partial charge in [0.1, 0.15) is 11.5 Å². The summed E-state index contributed by atoms with van der Waals surface area (Å²) in [6, 6.07) is 12.1. The van der Waals surface area contributed by atoms with Crippen molar-refractivity contribution in [1.82, 2.24) is 0 Å². The Kier molecular flexibility index (Phi) is 6.15. The van der Waals surface area contributed by atoms with Crippen molar-refractivity contribution >= 4 is 27.4 Å². The number of aromatic hydroxyl groups is 1. The number of aliphatic carboxylic acids is 1. The molecule has 6 nitrogen and oxygen atoms in total. The Morgan fingerprint density at radius 2 is 1.77 bits per heavy atom. The fraction of sp³-hybridized carbons (Fsp3) is 0.278. The third-order valence-electron chi connectivity index (χ3n) is 3.86. The molecule has 0 radical (unpaired) electrons. The molecule has 0 aliphatic heterocycles. The first kappa shape index (κ1) is 20.1. The van der Waals surface area contributed by atoms with Crippen LogP contribution in [-0.4, -0.2) is 36.0 Å². The van der Waals surface area contributed by atoms with Gasteiger partial charge in [-0.25, -0.2) is 13.2 Å². The van der Waals surface area contributed by atoms with Crippen LogP contribution in [0.1, 0.15) is 18.9 Å². The van der Waals surface area contributed by atoms with Crippen molar-refractivity contribution in [3.63, 3.8) is 0 Å². The molecule has 0 aliphatic rings. The highest BCUT2D eigenvalue weighted by Crippen LogP contribution is 2.25. The van der Waals surface area contributed by atoms with Crippen LogP contribution in [0.3, 0.4) is 0 Å². The summed E-state index contributed by atoms with van der Waals surface area (Å²) in [7, 11) is -3.59. The summed E-state index contributed by atoms with van der Waals surface area (Å²) >= 11 is 5.99. The molecule has 0 aliphatic carbocycles. The summed E-state index contributed by atoms with van der Waals surface area (Å²) in [5.41, 5.74) is -1.27. The molecular formula is C18H19ClO6S. The van der Waals surface area contributed by atoms with Gasteiger partial charge < -0.3 is 14.9 Å². The van der Waals surface area contributed by atoms with E-state index >= 15 is 0 Å². The first-order valence-electron chi connectivity index (χ1n) is 7.77. The average molecular weight is 399 g/mol. The van der Waals surface area contributed by atoms with E-state index in [9.17, 15) is 23.4 Å². The largest absolute Gasteiger partial charge is 0.508 e. The maximum atomic E-state index is 12.4. The lowest BCUT2D eigenvalue weighted by molar-refractivity contribution is -0.153. The summed E-state index contributed by atoms with van der Waals surface area (Å²) < 4.78 is 30.2. The molecule has 2 aromatic carbocycles. The maximum absolute atomic E-state index is 12.4. The van der Waals surface area contributed by atoms with Crippen LogP contribution in [0, 0.1) is 0 Å². The molecule has 26 heavy (non-hydrogen) atoms. The van der Waals surface area contributed by atoms with Gasteiger partial charge in [0.2, 0.25) is 5.60 Å². The summed E-state index contributed by atoms with van der Waals surface area (Å²) in [5.74, 6) is -1.70. The van der Waals surface area contributed by atoms with Crippen LogP contribution in [0.15, 0.2) is 48.5 Å². The zero-order valence-corrected chi connectivity index (χ0v) is 15.6. The highest BCUT2D eigenvalue weighted by Gasteiger charge is 2.37. The number of benzene rings is 2. The van der Waals surface area contributed by atoms with E-state index in [0.717, 1.165) is 0 Å². The number of halogens is 1. The summed E-state index contributed by atoms with van der Waals surface area (Å²) in [6.45, 7) is 1.31. The minimum Gasteiger partial charge on any atom is -0.508 e. The van der Waals surface area contributed by atoms with Crippen molar-refractivity contribution < 1.29 is 28.2 Å². The minimum absolute atomic E-state index is 0.0108. The number of hydrogen-bond acceptors (Lipinski definition) is 5. The van der Waals surface area contributed by atoms with E-state index in [1.165, 1.54) is 31.2 Å². The van der Waals surface area contributed by atoms with Crippen molar-refractivity contribution in [3.8, 4) is 11.5 Å². The molecule has 0 saturated carbocycles. The highest BCUT2D eigenvalue weighted by atomic mass is 35.5. The van der Waals surface area contributed by atoms with Crippen molar-refractivity contribution in [3.05, 3.63) is 59.1 Å². The lowest BCUT2D eigenvalue weighted by Crippen LogP contribution is -2.43. The van der Waals surface area contributed by atoms with Crippen molar-refractivity contribution in [2.24, 2.45) is 0 Å². The lowest BCUT2D eigenvalue weighted by atomic mass is 10.0. The zero-order chi connectivity index (χ0) is 19.4. The lowest BCUT2D eigenvalue weighted by Gasteiger charge is -2.26. The molecule has 0 heterocycles. The van der Waals surface area contributed by atoms with E-state index in [0.29, 0.717) is 10.6 Å². The van der Waals surface area contributed by atoms with Gasteiger partial charge in [0, 0.05) is 11.4 Å². The van der Waals surface area contributed by atoms with Crippen molar-refractivity contribution in [2.45, 2.75) is 24.7 Å². The van der Waals surface area contributed by atoms with Crippen LogP contribution < -0.4 is 4.74 Å². The number of phenolic OH excluding ortho intramolecular Hbond substituents is 1. The van der Waals surface area contributed by atoms with E-state index in [1.54, 1.807) is 24.3 Å². The summed E-state index contributed by atoms with van der Waals surface area (Å²) in [4.78, 5) is 11.6. The van der Waals surface area contributed by atoms with E-state index in [1.807, 2.05) is 0 Å². The zero-order valence-electron chi connectivity index (χ0n) is 14.1. The molecule has 140 valence electrons. The number of carboxylic acids is 1. The Morgan fingerprint density at radius 1 is 1.15 bits per heavy atom. The number of hydrogen-bond donors (Lipinski definition) is 2. The third-order valence-corrected chi connectivity index (χ3v) is 5.80. The molecule has 2 aromatic rings. The molecule has 0 aromatic heterocycles. The van der Waals surface area contributed by atoms with Gasteiger partial charge >= 0.3 is 5.97 Å². The molecule has 0 amide bonds. The molecule has 0 fully saturated rings. The van der Waals surface area contributed by atoms with Gasteiger partial charge in [-0.3, -0.25) is 0 Å². The molecule has 2 N–H and O–H groups in total. The maximum Gasteiger partial charge on any atom is 0.347 e. The minimum atomic E-state index is -3.59. The van der Waals surface area contributed by atoms with Crippen LogP contribution >= 0.6 is 11.6 Å². The Balaban J connectivity index is 2.10. The predicted octanol–water partition coefficient (Wildman–Crippen LogP) is 3.27. The summed E-state index contributed by atoms with van der Waals surface area (Å²) in [6.07, 6.45) is -0.240. The third kappa shape index (κ3) is 5.37. The Bertz CT molecular complexity index is 879. The number of ether oxygens (including phenoxy) is 1. The van der Waals surface area contributed by atoms with E-state index in [2.05, 4.69) is 0 Å². The molecule has 8 heteroatoms. The second-order valence-electron chi connectivity index (χ2n) is 6.07. The number of carbonyl (C=O) groups is 1. The number of rotatable bonds is 8. The Hall–Kier alpha value is -2.25. The molecule has 2 rings (SSSR count). The number of phenols is 1. The fourth-order valence-corrected chi connectivity index (χ4v) is 4.10. The standard InChI is InChI=1S/C18H19ClO6S/c1-18(17(21)22,25-15-8-6-14(20)7-9-15)10-11-26(23,24)12-13-4-2-3-5-16(13)19/h2-9,20H,10-12H2,1H3,(H,21,22). The summed E-state index contributed by atoms with van der Waals surface area (Å²) in [5, 5.41) is 19.1. The Labute approximate surface area is 156 Å². The van der Waals surface area contributed by atoms with E-state index in [4.69, 9.17) is 16.3 Å². The van der Waals surface area contributed by atoms with Crippen molar-refractivity contribution in [1.29, 1.82) is 0 Å². The molecule has 1 atom stereocenters. The second-order valence-corrected chi connectivity index (χ2v) is 8.66. The second kappa shape index (κ2) is 7.97. The van der Waals surface area contributed by atoms with E-state index in [-0.39, 0.29) is 29.4 Å². The molecule has 0 bridgehead atoms. The van der Waals surface area contributed by atoms with Gasteiger partial charge in [-0.05, 0) is 42.8 Å². The van der Waals surface area contributed by atoms with Gasteiger partial charge in [0.05, 0.1) is 11.5 Å². The molecular weight excluding hydrogens is 380 g/mol. The topological polar surface area (TPSA) is 101 Å².